The van der Waals surface area contributed by atoms with Crippen molar-refractivity contribution >= 4 is 5.91 Å². The van der Waals surface area contributed by atoms with Crippen molar-refractivity contribution < 1.29 is 9.53 Å². The lowest BCUT2D eigenvalue weighted by Crippen LogP contribution is -2.36. The number of allylic oxidation sites excluding steroid dienone is 5. The van der Waals surface area contributed by atoms with Gasteiger partial charge in [0.15, 0.2) is 0 Å². The summed E-state index contributed by atoms with van der Waals surface area (Å²) in [4.78, 5) is 13.5. The fourth-order valence-electron chi connectivity index (χ4n) is 2.59. The standard InChI is InChI=1S/C16H19N3O2/c1-4-19-10-15(18-11(2)20)14(9-17)13-7-5-12(21-3)6-8-16(13)19/h5-7H,4,8,10H2,1-3H3,(H,18,20). The van der Waals surface area contributed by atoms with Gasteiger partial charge in [0.2, 0.25) is 5.91 Å². The fraction of sp³-hybridized carbons (Fsp3) is 0.375. The SMILES string of the molecule is CCN1CC(NC(C)=O)=C(C#N)C2=C1CC=C(OC)C=C2. The van der Waals surface area contributed by atoms with Crippen LogP contribution >= 0.6 is 0 Å². The number of methoxy groups -OCH3 is 1. The van der Waals surface area contributed by atoms with Gasteiger partial charge in [0.05, 0.1) is 24.9 Å². The Morgan fingerprint density at radius 3 is 2.86 bits per heavy atom. The number of carbonyl (C=O) groups excluding carboxylic acids is 1. The highest BCUT2D eigenvalue weighted by atomic mass is 16.5. The normalized spacial score (nSPS) is 17.8. The highest BCUT2D eigenvalue weighted by Crippen LogP contribution is 2.32. The molecule has 1 aliphatic carbocycles. The van der Waals surface area contributed by atoms with Crippen molar-refractivity contribution in [1.29, 1.82) is 5.26 Å². The van der Waals surface area contributed by atoms with Crippen molar-refractivity contribution in [2.75, 3.05) is 20.2 Å². The third kappa shape index (κ3) is 3.00. The van der Waals surface area contributed by atoms with Gasteiger partial charge in [-0.1, -0.05) is 0 Å². The Balaban J connectivity index is 2.51. The van der Waals surface area contributed by atoms with Gasteiger partial charge < -0.3 is 15.0 Å². The van der Waals surface area contributed by atoms with Gasteiger partial charge >= 0.3 is 0 Å². The number of ether oxygens (including phenoxy) is 1. The van der Waals surface area contributed by atoms with Crippen LogP contribution in [-0.4, -0.2) is 31.0 Å². The van der Waals surface area contributed by atoms with E-state index in [0.717, 1.165) is 23.6 Å². The number of nitriles is 1. The molecule has 5 heteroatoms. The molecule has 0 aromatic carbocycles. The summed E-state index contributed by atoms with van der Waals surface area (Å²) in [7, 11) is 1.63. The highest BCUT2D eigenvalue weighted by molar-refractivity contribution is 5.76. The average Bonchev–Trinajstić information content (AvgIpc) is 2.68. The molecule has 0 saturated carbocycles. The van der Waals surface area contributed by atoms with Crippen LogP contribution in [0.3, 0.4) is 0 Å². The van der Waals surface area contributed by atoms with Crippen LogP contribution in [0.5, 0.6) is 0 Å². The van der Waals surface area contributed by atoms with E-state index in [9.17, 15) is 10.1 Å². The number of nitrogens with one attached hydrogen (secondary N) is 1. The summed E-state index contributed by atoms with van der Waals surface area (Å²) in [5.74, 6) is 0.616. The third-order valence-electron chi connectivity index (χ3n) is 3.58. The maximum atomic E-state index is 11.4. The zero-order valence-corrected chi connectivity index (χ0v) is 12.6. The molecule has 0 aromatic heterocycles. The van der Waals surface area contributed by atoms with E-state index in [1.807, 2.05) is 18.2 Å². The van der Waals surface area contributed by atoms with Crippen LogP contribution in [0.2, 0.25) is 0 Å². The lowest BCUT2D eigenvalue weighted by atomic mass is 9.96. The maximum Gasteiger partial charge on any atom is 0.221 e. The number of rotatable bonds is 3. The molecule has 0 bridgehead atoms. The van der Waals surface area contributed by atoms with Gasteiger partial charge in [0.1, 0.15) is 11.8 Å². The molecule has 0 unspecified atom stereocenters. The Labute approximate surface area is 124 Å². The Hall–Kier alpha value is -2.48. The monoisotopic (exact) mass is 285 g/mol. The summed E-state index contributed by atoms with van der Waals surface area (Å²) in [5, 5.41) is 12.3. The molecule has 1 aliphatic heterocycles. The lowest BCUT2D eigenvalue weighted by molar-refractivity contribution is -0.118. The van der Waals surface area contributed by atoms with E-state index >= 15 is 0 Å². The van der Waals surface area contributed by atoms with Gasteiger partial charge in [-0.05, 0) is 25.2 Å². The van der Waals surface area contributed by atoms with Gasteiger partial charge in [0.25, 0.3) is 0 Å². The first kappa shape index (κ1) is 14.9. The fourth-order valence-corrected chi connectivity index (χ4v) is 2.59. The summed E-state index contributed by atoms with van der Waals surface area (Å²) < 4.78 is 5.27. The van der Waals surface area contributed by atoms with Crippen LogP contribution < -0.4 is 5.32 Å². The molecule has 0 atom stereocenters. The zero-order chi connectivity index (χ0) is 15.4. The molecule has 21 heavy (non-hydrogen) atoms. The second kappa shape index (κ2) is 6.31. The molecule has 0 saturated heterocycles. The third-order valence-corrected chi connectivity index (χ3v) is 3.58. The van der Waals surface area contributed by atoms with Crippen molar-refractivity contribution in [3.8, 4) is 6.07 Å². The Bertz CT molecular complexity index is 618. The number of likely N-dealkylation sites (N-methyl/N-ethyl adjacent to an activating group) is 1. The van der Waals surface area contributed by atoms with Gasteiger partial charge in [-0.3, -0.25) is 4.79 Å². The topological polar surface area (TPSA) is 65.4 Å². The second-order valence-corrected chi connectivity index (χ2v) is 4.87. The summed E-state index contributed by atoms with van der Waals surface area (Å²) in [6, 6.07) is 2.23. The van der Waals surface area contributed by atoms with Crippen LogP contribution in [-0.2, 0) is 9.53 Å². The van der Waals surface area contributed by atoms with Crippen LogP contribution in [0.15, 0.2) is 46.5 Å². The maximum absolute atomic E-state index is 11.4. The minimum atomic E-state index is -0.161. The lowest BCUT2D eigenvalue weighted by Gasteiger charge is -2.33. The van der Waals surface area contributed by atoms with Crippen molar-refractivity contribution in [3.63, 3.8) is 0 Å². The molecule has 1 amide bonds. The molecular formula is C16H19N3O2. The second-order valence-electron chi connectivity index (χ2n) is 4.87. The number of hydrogen-bond donors (Lipinski definition) is 1. The quantitative estimate of drug-likeness (QED) is 0.861. The number of hydrogen-bond acceptors (Lipinski definition) is 4. The van der Waals surface area contributed by atoms with E-state index in [0.29, 0.717) is 24.2 Å². The van der Waals surface area contributed by atoms with E-state index < -0.39 is 0 Å². The number of amides is 1. The van der Waals surface area contributed by atoms with Gasteiger partial charge in [-0.25, -0.2) is 0 Å². The van der Waals surface area contributed by atoms with Crippen LogP contribution in [0.25, 0.3) is 0 Å². The van der Waals surface area contributed by atoms with E-state index in [2.05, 4.69) is 23.2 Å². The predicted octanol–water partition coefficient (Wildman–Crippen LogP) is 1.98. The molecule has 1 N–H and O–H groups in total. The summed E-state index contributed by atoms with van der Waals surface area (Å²) >= 11 is 0. The summed E-state index contributed by atoms with van der Waals surface area (Å²) in [6.45, 7) is 4.87. The van der Waals surface area contributed by atoms with Gasteiger partial charge in [0, 0.05) is 31.2 Å². The molecular weight excluding hydrogens is 266 g/mol. The molecule has 0 spiro atoms. The van der Waals surface area contributed by atoms with E-state index in [4.69, 9.17) is 4.74 Å². The molecule has 1 heterocycles. The molecule has 5 nitrogen and oxygen atoms in total. The van der Waals surface area contributed by atoms with E-state index in [1.54, 1.807) is 7.11 Å². The molecule has 0 fully saturated rings. The smallest absolute Gasteiger partial charge is 0.221 e. The molecule has 2 rings (SSSR count). The first-order valence-electron chi connectivity index (χ1n) is 6.92. The van der Waals surface area contributed by atoms with Crippen molar-refractivity contribution in [2.24, 2.45) is 0 Å². The van der Waals surface area contributed by atoms with Crippen LogP contribution in [0.4, 0.5) is 0 Å². The predicted molar refractivity (Wildman–Crippen MR) is 79.6 cm³/mol. The minimum Gasteiger partial charge on any atom is -0.497 e. The Morgan fingerprint density at radius 2 is 2.29 bits per heavy atom. The van der Waals surface area contributed by atoms with Crippen molar-refractivity contribution in [1.82, 2.24) is 10.2 Å². The summed E-state index contributed by atoms with van der Waals surface area (Å²) in [5.41, 5.74) is 3.15. The van der Waals surface area contributed by atoms with Crippen molar-refractivity contribution in [3.05, 3.63) is 46.5 Å². The van der Waals surface area contributed by atoms with Gasteiger partial charge in [-0.15, -0.1) is 0 Å². The van der Waals surface area contributed by atoms with Crippen molar-refractivity contribution in [2.45, 2.75) is 20.3 Å². The first-order valence-corrected chi connectivity index (χ1v) is 6.92. The summed E-state index contributed by atoms with van der Waals surface area (Å²) in [6.07, 6.45) is 6.45. The van der Waals surface area contributed by atoms with E-state index in [1.165, 1.54) is 6.92 Å². The van der Waals surface area contributed by atoms with Crippen LogP contribution in [0, 0.1) is 11.3 Å². The molecule has 2 aliphatic rings. The minimum absolute atomic E-state index is 0.161. The largest absolute Gasteiger partial charge is 0.497 e. The highest BCUT2D eigenvalue weighted by Gasteiger charge is 2.26. The molecule has 0 radical (unpaired) electrons. The number of carbonyl (C=O) groups is 1. The molecule has 110 valence electrons. The molecule has 0 aromatic rings. The van der Waals surface area contributed by atoms with Crippen LogP contribution in [0.1, 0.15) is 20.3 Å². The first-order chi connectivity index (χ1) is 10.1. The average molecular weight is 285 g/mol. The zero-order valence-electron chi connectivity index (χ0n) is 12.6. The number of nitrogens with zero attached hydrogens (tertiary/aromatic N) is 2. The van der Waals surface area contributed by atoms with Gasteiger partial charge in [-0.2, -0.15) is 5.26 Å². The Kier molecular flexibility index (Phi) is 4.49. The van der Waals surface area contributed by atoms with E-state index in [-0.39, 0.29) is 5.91 Å². The Morgan fingerprint density at radius 1 is 1.52 bits per heavy atom.